The Balaban J connectivity index is 1.21. The molecule has 372 valence electrons. The fraction of sp³-hybridized carbons (Fsp3) is 0.623. The molecule has 0 radical (unpaired) electrons. The molecule has 6 heterocycles. The molecule has 5 aliphatic rings. The van der Waals surface area contributed by atoms with Gasteiger partial charge in [0, 0.05) is 50.3 Å². The van der Waals surface area contributed by atoms with Crippen molar-refractivity contribution in [2.24, 2.45) is 0 Å². The van der Waals surface area contributed by atoms with Crippen molar-refractivity contribution in [3.05, 3.63) is 47.7 Å². The number of anilines is 1. The number of ether oxygens (including phenoxy) is 5. The molecule has 4 atom stereocenters. The summed E-state index contributed by atoms with van der Waals surface area (Å²) in [6.07, 6.45) is 5.68. The topological polar surface area (TPSA) is 112 Å². The van der Waals surface area contributed by atoms with E-state index in [9.17, 15) is 9.18 Å². The van der Waals surface area contributed by atoms with Gasteiger partial charge in [0.2, 0.25) is 0 Å². The first-order valence-electron chi connectivity index (χ1n) is 25.0. The van der Waals surface area contributed by atoms with Crippen LogP contribution in [0, 0.1) is 23.1 Å². The number of carbonyl (C=O) groups excluding carboxylic acids is 1. The Morgan fingerprint density at radius 2 is 1.71 bits per heavy atom. The van der Waals surface area contributed by atoms with Crippen LogP contribution in [0.4, 0.5) is 23.8 Å². The molecule has 1 amide bonds. The van der Waals surface area contributed by atoms with Crippen molar-refractivity contribution in [3.63, 3.8) is 0 Å². The molecule has 4 saturated heterocycles. The van der Waals surface area contributed by atoms with Gasteiger partial charge in [-0.3, -0.25) is 14.8 Å². The van der Waals surface area contributed by atoms with Crippen LogP contribution >= 0.6 is 0 Å². The second-order valence-electron chi connectivity index (χ2n) is 22.2. The molecule has 2 aromatic heterocycles. The summed E-state index contributed by atoms with van der Waals surface area (Å²) in [7, 11) is -0.836. The molecule has 1 aliphatic carbocycles. The molecule has 4 aromatic rings. The standard InChI is InChI=1S/C53H69F3N6O6Si/c1-32(2)69(33(3)4,34(5)6)21-17-40-43(55)15-12-35-22-39(67-31-64-10)23-41(44(35)40)46-45(56)47-42(25-57-46)48(59-49(58-47)66-29-52-18-11-20-61(52)26-36(54)24-52)60-27-37-16-19-53(28-60,30-65-38-13-14-38)62(37)50(63)68-51(7,8)9/h12,15,22-23,25,32-34,36-38H,11,13-14,16,18-20,24,26-31H2,1-10H3/t36-,37+,52+,53-/m1/s1. The van der Waals surface area contributed by atoms with Crippen LogP contribution in [-0.2, 0) is 14.2 Å². The van der Waals surface area contributed by atoms with Crippen molar-refractivity contribution in [1.29, 1.82) is 0 Å². The fourth-order valence-corrected chi connectivity index (χ4v) is 17.5. The van der Waals surface area contributed by atoms with E-state index >= 15 is 8.78 Å². The summed E-state index contributed by atoms with van der Waals surface area (Å²) in [6.45, 7) is 21.0. The zero-order valence-electron chi connectivity index (χ0n) is 42.0. The number of hydrogen-bond acceptors (Lipinski definition) is 11. The molecule has 0 spiro atoms. The quantitative estimate of drug-likeness (QED) is 0.0684. The summed E-state index contributed by atoms with van der Waals surface area (Å²) >= 11 is 0. The van der Waals surface area contributed by atoms with Gasteiger partial charge < -0.3 is 28.6 Å². The number of fused-ring (bicyclic) bond motifs is 5. The van der Waals surface area contributed by atoms with Crippen LogP contribution in [0.3, 0.4) is 0 Å². The maximum absolute atomic E-state index is 18.1. The van der Waals surface area contributed by atoms with Gasteiger partial charge in [-0.05, 0) is 106 Å². The Morgan fingerprint density at radius 3 is 2.41 bits per heavy atom. The van der Waals surface area contributed by atoms with Gasteiger partial charge >= 0.3 is 12.1 Å². The van der Waals surface area contributed by atoms with E-state index in [1.165, 1.54) is 13.2 Å². The number of halogens is 3. The SMILES string of the molecule is COCOc1cc(-c2ncc3c(N4C[C@@H]5CC[C@](COC6CC6)(C4)N5C(=O)OC(C)(C)C)nc(OC[C@@]45CCCN4C[C@H](F)C5)nc3c2F)c2c(C#C[Si](C(C)C)(C(C)C)C(C)C)c(F)ccc2c1. The smallest absolute Gasteiger partial charge is 0.411 e. The first-order chi connectivity index (χ1) is 32.8. The normalized spacial score (nSPS) is 23.9. The highest BCUT2D eigenvalue weighted by atomic mass is 28.3. The summed E-state index contributed by atoms with van der Waals surface area (Å²) in [6, 6.07) is 6.15. The predicted molar refractivity (Wildman–Crippen MR) is 264 cm³/mol. The number of pyridine rings is 1. The zero-order chi connectivity index (χ0) is 49.2. The summed E-state index contributed by atoms with van der Waals surface area (Å²) in [5.74, 6) is 2.82. The summed E-state index contributed by atoms with van der Waals surface area (Å²) in [5.41, 5.74) is 2.88. The lowest BCUT2D eigenvalue weighted by Gasteiger charge is -2.49. The molecule has 1 saturated carbocycles. The van der Waals surface area contributed by atoms with Crippen LogP contribution in [0.1, 0.15) is 113 Å². The number of methoxy groups -OCH3 is 1. The van der Waals surface area contributed by atoms with Gasteiger partial charge in [0.25, 0.3) is 0 Å². The predicted octanol–water partition coefficient (Wildman–Crippen LogP) is 10.8. The van der Waals surface area contributed by atoms with Crippen molar-refractivity contribution < 1.29 is 41.7 Å². The molecule has 9 rings (SSSR count). The van der Waals surface area contributed by atoms with Crippen LogP contribution < -0.4 is 14.4 Å². The van der Waals surface area contributed by atoms with Gasteiger partial charge in [-0.1, -0.05) is 53.5 Å². The van der Waals surface area contributed by atoms with Crippen molar-refractivity contribution in [3.8, 4) is 34.5 Å². The minimum absolute atomic E-state index is 0.0491. The number of aromatic nitrogens is 3. The molecule has 0 N–H and O–H groups in total. The Morgan fingerprint density at radius 1 is 0.957 bits per heavy atom. The number of carbonyl (C=O) groups is 1. The van der Waals surface area contributed by atoms with Gasteiger partial charge in [0.05, 0.1) is 40.8 Å². The highest BCUT2D eigenvalue weighted by Crippen LogP contribution is 2.47. The lowest BCUT2D eigenvalue weighted by atomic mass is 9.95. The summed E-state index contributed by atoms with van der Waals surface area (Å²) in [5, 5.41) is 1.32. The van der Waals surface area contributed by atoms with Crippen LogP contribution in [-0.4, -0.2) is 127 Å². The Hall–Kier alpha value is -4.69. The van der Waals surface area contributed by atoms with E-state index in [0.29, 0.717) is 89.9 Å². The molecule has 12 nitrogen and oxygen atoms in total. The first-order valence-corrected chi connectivity index (χ1v) is 27.2. The van der Waals surface area contributed by atoms with Gasteiger partial charge in [-0.25, -0.2) is 18.0 Å². The molecule has 2 bridgehead atoms. The number of hydrogen-bond donors (Lipinski definition) is 0. The van der Waals surface area contributed by atoms with Crippen molar-refractivity contribution in [2.45, 2.75) is 159 Å². The molecule has 2 aromatic carbocycles. The van der Waals surface area contributed by atoms with E-state index < -0.39 is 48.7 Å². The fourth-order valence-electron chi connectivity index (χ4n) is 12.3. The minimum Gasteiger partial charge on any atom is -0.468 e. The van der Waals surface area contributed by atoms with Crippen LogP contribution in [0.2, 0.25) is 16.6 Å². The third-order valence-electron chi connectivity index (χ3n) is 15.5. The highest BCUT2D eigenvalue weighted by molar-refractivity contribution is 6.90. The highest BCUT2D eigenvalue weighted by Gasteiger charge is 2.56. The molecular formula is C53H69F3N6O6Si. The number of amides is 1. The molecular weight excluding hydrogens is 902 g/mol. The maximum Gasteiger partial charge on any atom is 0.411 e. The molecule has 69 heavy (non-hydrogen) atoms. The molecule has 5 fully saturated rings. The second-order valence-corrected chi connectivity index (χ2v) is 27.8. The van der Waals surface area contributed by atoms with Crippen molar-refractivity contribution in [1.82, 2.24) is 24.8 Å². The average Bonchev–Trinajstić information content (AvgIpc) is 3.90. The monoisotopic (exact) mass is 970 g/mol. The maximum atomic E-state index is 18.1. The van der Waals surface area contributed by atoms with Gasteiger partial charge in [-0.2, -0.15) is 9.97 Å². The van der Waals surface area contributed by atoms with Crippen LogP contribution in [0.15, 0.2) is 30.5 Å². The van der Waals surface area contributed by atoms with E-state index in [1.807, 2.05) is 25.7 Å². The Labute approximate surface area is 406 Å². The minimum atomic E-state index is -2.35. The van der Waals surface area contributed by atoms with Crippen molar-refractivity contribution in [2.75, 3.05) is 58.2 Å². The molecule has 0 unspecified atom stereocenters. The van der Waals surface area contributed by atoms with E-state index in [4.69, 9.17) is 38.6 Å². The number of rotatable bonds is 14. The number of piperazine rings is 1. The van der Waals surface area contributed by atoms with Gasteiger partial charge in [-0.15, -0.1) is 5.54 Å². The number of nitrogens with zero attached hydrogens (tertiary/aromatic N) is 6. The van der Waals surface area contributed by atoms with Crippen LogP contribution in [0.5, 0.6) is 11.8 Å². The third-order valence-corrected chi connectivity index (χ3v) is 21.8. The summed E-state index contributed by atoms with van der Waals surface area (Å²) < 4.78 is 79.8. The van der Waals surface area contributed by atoms with Gasteiger partial charge in [0.15, 0.2) is 12.6 Å². The molecule has 16 heteroatoms. The van der Waals surface area contributed by atoms with Gasteiger partial charge in [0.1, 0.15) is 55.0 Å². The zero-order valence-corrected chi connectivity index (χ0v) is 43.0. The number of alkyl halides is 1. The van der Waals surface area contributed by atoms with E-state index in [2.05, 4.69) is 62.8 Å². The van der Waals surface area contributed by atoms with Crippen molar-refractivity contribution >= 4 is 41.7 Å². The van der Waals surface area contributed by atoms with E-state index in [0.717, 1.165) is 32.2 Å². The van der Waals surface area contributed by atoms with E-state index in [1.54, 1.807) is 24.4 Å². The lowest BCUT2D eigenvalue weighted by molar-refractivity contribution is -0.0366. The largest absolute Gasteiger partial charge is 0.468 e. The second kappa shape index (κ2) is 18.8. The average molecular weight is 971 g/mol. The van der Waals surface area contributed by atoms with E-state index in [-0.39, 0.29) is 53.9 Å². The first kappa shape index (κ1) is 49.3. The van der Waals surface area contributed by atoms with Crippen LogP contribution in [0.25, 0.3) is 32.9 Å². The Bertz CT molecular complexity index is 2650. The third kappa shape index (κ3) is 9.26. The lowest BCUT2D eigenvalue weighted by Crippen LogP contribution is -2.66. The summed E-state index contributed by atoms with van der Waals surface area (Å²) in [4.78, 5) is 34.8. The Kier molecular flexibility index (Phi) is 13.4. The molecule has 4 aliphatic heterocycles. The number of benzene rings is 2.